The van der Waals surface area contributed by atoms with E-state index < -0.39 is 0 Å². The van der Waals surface area contributed by atoms with Gasteiger partial charge < -0.3 is 0 Å². The minimum atomic E-state index is 0. The molecule has 13 heavy (non-hydrogen) atoms. The van der Waals surface area contributed by atoms with E-state index in [-0.39, 0.29) is 21.1 Å². The van der Waals surface area contributed by atoms with E-state index in [2.05, 4.69) is 27.8 Å². The van der Waals surface area contributed by atoms with Gasteiger partial charge in [-0.2, -0.15) is 18.6 Å². The summed E-state index contributed by atoms with van der Waals surface area (Å²) in [5.41, 5.74) is 2.01. The van der Waals surface area contributed by atoms with Crippen LogP contribution >= 0.6 is 15.9 Å². The third-order valence-corrected chi connectivity index (χ3v) is 2.22. The molecule has 0 amide bonds. The molecule has 0 bridgehead atoms. The van der Waals surface area contributed by atoms with Gasteiger partial charge in [0.1, 0.15) is 0 Å². The van der Waals surface area contributed by atoms with E-state index in [0.29, 0.717) is 0 Å². The number of nitrogens with zero attached hydrogens (tertiary/aromatic N) is 1. The van der Waals surface area contributed by atoms with Crippen LogP contribution in [0.25, 0.3) is 10.9 Å². The third-order valence-electron chi connectivity index (χ3n) is 1.78. The van der Waals surface area contributed by atoms with Gasteiger partial charge in [-0.1, -0.05) is 28.1 Å². The molecule has 0 saturated heterocycles. The van der Waals surface area contributed by atoms with Crippen molar-refractivity contribution >= 4 is 26.8 Å². The van der Waals surface area contributed by atoms with E-state index in [1.54, 1.807) is 6.20 Å². The van der Waals surface area contributed by atoms with Crippen LogP contribution in [0.15, 0.2) is 34.9 Å². The van der Waals surface area contributed by atoms with Crippen molar-refractivity contribution in [1.82, 2.24) is 4.98 Å². The maximum atomic E-state index is 4.25. The summed E-state index contributed by atoms with van der Waals surface area (Å²) in [7, 11) is 0. The maximum absolute atomic E-state index is 4.25. The zero-order valence-corrected chi connectivity index (χ0v) is 11.3. The zero-order valence-electron chi connectivity index (χ0n) is 6.83. The fourth-order valence-corrected chi connectivity index (χ4v) is 1.52. The SMILES string of the molecule is [CH2-]c1cccc2ncc(Br)cc12.[W]. The Morgan fingerprint density at radius 1 is 1.31 bits per heavy atom. The minimum Gasteiger partial charge on any atom is -0.268 e. The van der Waals surface area contributed by atoms with Crippen LogP contribution in [-0.2, 0) is 21.1 Å². The molecule has 66 valence electrons. The summed E-state index contributed by atoms with van der Waals surface area (Å²) in [6.45, 7) is 3.93. The third kappa shape index (κ3) is 2.12. The Labute approximate surface area is 100.0 Å². The van der Waals surface area contributed by atoms with Crippen LogP contribution in [0.3, 0.4) is 0 Å². The smallest absolute Gasteiger partial charge is 0.0394 e. The fraction of sp³-hybridized carbons (Fsp3) is 0. The van der Waals surface area contributed by atoms with Crippen molar-refractivity contribution in [3.05, 3.63) is 47.4 Å². The second kappa shape index (κ2) is 4.25. The molecule has 0 fully saturated rings. The van der Waals surface area contributed by atoms with Gasteiger partial charge in [-0.3, -0.25) is 4.98 Å². The molecule has 0 saturated carbocycles. The average molecular weight is 405 g/mol. The van der Waals surface area contributed by atoms with Gasteiger partial charge in [0.05, 0.1) is 0 Å². The van der Waals surface area contributed by atoms with E-state index in [9.17, 15) is 0 Å². The molecule has 0 radical (unpaired) electrons. The van der Waals surface area contributed by atoms with Gasteiger partial charge in [0.2, 0.25) is 0 Å². The molecule has 1 aromatic heterocycles. The van der Waals surface area contributed by atoms with Crippen LogP contribution in [0.2, 0.25) is 0 Å². The number of aromatic nitrogens is 1. The molecule has 1 heterocycles. The summed E-state index contributed by atoms with van der Waals surface area (Å²) in [4.78, 5) is 4.25. The van der Waals surface area contributed by atoms with Crippen molar-refractivity contribution in [2.45, 2.75) is 0 Å². The number of hydrogen-bond donors (Lipinski definition) is 0. The number of halogens is 1. The summed E-state index contributed by atoms with van der Waals surface area (Å²) in [5, 5.41) is 1.10. The van der Waals surface area contributed by atoms with Crippen LogP contribution in [0, 0.1) is 6.92 Å². The quantitative estimate of drug-likeness (QED) is 0.614. The Kier molecular flexibility index (Phi) is 3.52. The van der Waals surface area contributed by atoms with Crippen molar-refractivity contribution in [3.8, 4) is 0 Å². The number of benzene rings is 1. The Bertz CT molecular complexity index is 428. The maximum Gasteiger partial charge on any atom is 0.0394 e. The van der Waals surface area contributed by atoms with Gasteiger partial charge in [0.15, 0.2) is 0 Å². The van der Waals surface area contributed by atoms with E-state index in [0.717, 1.165) is 20.9 Å². The zero-order chi connectivity index (χ0) is 8.55. The normalized spacial score (nSPS) is 9.62. The van der Waals surface area contributed by atoms with Crippen LogP contribution in [0.1, 0.15) is 5.56 Å². The second-order valence-corrected chi connectivity index (χ2v) is 3.55. The molecule has 2 rings (SSSR count). The van der Waals surface area contributed by atoms with Crippen molar-refractivity contribution in [2.75, 3.05) is 0 Å². The van der Waals surface area contributed by atoms with Crippen LogP contribution < -0.4 is 0 Å². The standard InChI is InChI=1S/C10H7BrN.W/c1-7-3-2-4-10-9(7)5-8(11)6-12-10;/h2-6H,1H2;/q-1;. The topological polar surface area (TPSA) is 12.9 Å². The summed E-state index contributed by atoms with van der Waals surface area (Å²) < 4.78 is 0.992. The van der Waals surface area contributed by atoms with E-state index in [1.165, 1.54) is 0 Å². The summed E-state index contributed by atoms with van der Waals surface area (Å²) >= 11 is 3.38. The Balaban J connectivity index is 0.000000845. The van der Waals surface area contributed by atoms with Gasteiger partial charge in [-0.05, 0) is 0 Å². The molecule has 0 aliphatic rings. The van der Waals surface area contributed by atoms with Crippen LogP contribution in [0.5, 0.6) is 0 Å². The minimum absolute atomic E-state index is 0. The Morgan fingerprint density at radius 3 is 2.85 bits per heavy atom. The van der Waals surface area contributed by atoms with Crippen LogP contribution in [-0.4, -0.2) is 4.98 Å². The summed E-state index contributed by atoms with van der Waals surface area (Å²) in [6, 6.07) is 7.96. The van der Waals surface area contributed by atoms with Crippen molar-refractivity contribution in [1.29, 1.82) is 0 Å². The predicted molar refractivity (Wildman–Crippen MR) is 53.9 cm³/mol. The first-order valence-electron chi connectivity index (χ1n) is 3.63. The molecule has 0 unspecified atom stereocenters. The van der Waals surface area contributed by atoms with Gasteiger partial charge in [-0.15, -0.1) is 11.5 Å². The van der Waals surface area contributed by atoms with E-state index >= 15 is 0 Å². The molecule has 0 N–H and O–H groups in total. The molecule has 2 aromatic rings. The van der Waals surface area contributed by atoms with Gasteiger partial charge in [-0.25, -0.2) is 0 Å². The first-order valence-corrected chi connectivity index (χ1v) is 4.43. The van der Waals surface area contributed by atoms with Gasteiger partial charge in [0.25, 0.3) is 0 Å². The van der Waals surface area contributed by atoms with E-state index in [1.807, 2.05) is 24.3 Å². The van der Waals surface area contributed by atoms with Crippen molar-refractivity contribution < 1.29 is 21.1 Å². The molecular weight excluding hydrogens is 398 g/mol. The first-order chi connectivity index (χ1) is 5.77. The van der Waals surface area contributed by atoms with Crippen molar-refractivity contribution in [3.63, 3.8) is 0 Å². The van der Waals surface area contributed by atoms with Gasteiger partial charge in [0, 0.05) is 37.3 Å². The second-order valence-electron chi connectivity index (χ2n) is 2.64. The number of rotatable bonds is 0. The fourth-order valence-electron chi connectivity index (χ4n) is 1.19. The largest absolute Gasteiger partial charge is 0.268 e. The monoisotopic (exact) mass is 404 g/mol. The number of hydrogen-bond acceptors (Lipinski definition) is 1. The molecule has 1 nitrogen and oxygen atoms in total. The van der Waals surface area contributed by atoms with Gasteiger partial charge >= 0.3 is 0 Å². The average Bonchev–Trinajstić information content (AvgIpc) is 2.07. The Morgan fingerprint density at radius 2 is 2.08 bits per heavy atom. The summed E-state index contributed by atoms with van der Waals surface area (Å²) in [5.74, 6) is 0. The number of fused-ring (bicyclic) bond motifs is 1. The van der Waals surface area contributed by atoms with Crippen molar-refractivity contribution in [2.24, 2.45) is 0 Å². The molecule has 3 heteroatoms. The number of pyridine rings is 1. The molecule has 0 aliphatic heterocycles. The molecule has 0 aliphatic carbocycles. The van der Waals surface area contributed by atoms with Crippen LogP contribution in [0.4, 0.5) is 0 Å². The molecule has 1 aromatic carbocycles. The van der Waals surface area contributed by atoms with E-state index in [4.69, 9.17) is 0 Å². The summed E-state index contributed by atoms with van der Waals surface area (Å²) in [6.07, 6.45) is 1.79. The predicted octanol–water partition coefficient (Wildman–Crippen LogP) is 3.18. The molecule has 0 atom stereocenters. The molecule has 0 spiro atoms. The first kappa shape index (κ1) is 10.7. The Hall–Kier alpha value is -0.332. The molecular formula is C10H7BrNW-.